The van der Waals surface area contributed by atoms with Crippen LogP contribution in [0.25, 0.3) is 0 Å². The van der Waals surface area contributed by atoms with Crippen molar-refractivity contribution in [2.45, 2.75) is 69.5 Å². The van der Waals surface area contributed by atoms with Crippen molar-refractivity contribution in [1.82, 2.24) is 0 Å². The molecule has 6 unspecified atom stereocenters. The Kier molecular flexibility index (Phi) is 5.14. The van der Waals surface area contributed by atoms with Crippen molar-refractivity contribution in [3.05, 3.63) is 33.9 Å². The zero-order chi connectivity index (χ0) is 16.4. The predicted molar refractivity (Wildman–Crippen MR) is 84.2 cm³/mol. The van der Waals surface area contributed by atoms with Crippen LogP contribution < -0.4 is 0 Å². The lowest BCUT2D eigenvalue weighted by Gasteiger charge is -2.38. The highest BCUT2D eigenvalue weighted by Crippen LogP contribution is 2.40. The summed E-state index contributed by atoms with van der Waals surface area (Å²) in [5.41, 5.74) is 1.23. The third-order valence-corrected chi connectivity index (χ3v) is 5.41. The molecule has 0 spiro atoms. The molecule has 6 atom stereocenters. The van der Waals surface area contributed by atoms with E-state index in [1.807, 2.05) is 0 Å². The maximum Gasteiger partial charge on any atom is 0.220 e. The van der Waals surface area contributed by atoms with Gasteiger partial charge in [-0.2, -0.15) is 0 Å². The second kappa shape index (κ2) is 7.11. The topological polar surface area (TPSA) is 92.8 Å². The fourth-order valence-corrected chi connectivity index (χ4v) is 4.27. The van der Waals surface area contributed by atoms with Gasteiger partial charge in [0.25, 0.3) is 0 Å². The number of aliphatic hydroxyl groups excluding tert-OH is 2. The first-order chi connectivity index (χ1) is 11.0. The molecule has 0 radical (unpaired) electrons. The highest BCUT2D eigenvalue weighted by atomic mass is 16.6. The van der Waals surface area contributed by atoms with E-state index in [2.05, 4.69) is 18.2 Å². The molecule has 1 aliphatic heterocycles. The summed E-state index contributed by atoms with van der Waals surface area (Å²) in [6, 6.07) is -0.717. The van der Waals surface area contributed by atoms with Crippen molar-refractivity contribution in [2.24, 2.45) is 11.8 Å². The van der Waals surface area contributed by atoms with E-state index in [9.17, 15) is 20.3 Å². The molecule has 1 saturated heterocycles. The molecule has 0 aromatic rings. The quantitative estimate of drug-likeness (QED) is 0.611. The molecule has 2 aliphatic carbocycles. The maximum atomic E-state index is 11.0. The normalized spacial score (nSPS) is 40.3. The smallest absolute Gasteiger partial charge is 0.220 e. The second-order valence-corrected chi connectivity index (χ2v) is 6.97. The Morgan fingerprint density at radius 3 is 2.91 bits per heavy atom. The molecule has 1 heterocycles. The lowest BCUT2D eigenvalue weighted by atomic mass is 9.70. The summed E-state index contributed by atoms with van der Waals surface area (Å²) in [5, 5.41) is 31.0. The zero-order valence-electron chi connectivity index (χ0n) is 13.2. The third kappa shape index (κ3) is 3.82. The van der Waals surface area contributed by atoms with Crippen molar-refractivity contribution < 1.29 is 19.9 Å². The van der Waals surface area contributed by atoms with Gasteiger partial charge in [0.15, 0.2) is 6.29 Å². The van der Waals surface area contributed by atoms with E-state index < -0.39 is 12.3 Å². The summed E-state index contributed by atoms with van der Waals surface area (Å²) in [6.45, 7) is 0. The summed E-state index contributed by atoms with van der Waals surface area (Å²) < 4.78 is 5.48. The summed E-state index contributed by atoms with van der Waals surface area (Å²) in [7, 11) is 0. The van der Waals surface area contributed by atoms with Crippen LogP contribution in [0.15, 0.2) is 23.8 Å². The van der Waals surface area contributed by atoms with E-state index in [-0.39, 0.29) is 29.5 Å². The number of aliphatic hydroxyl groups is 2. The van der Waals surface area contributed by atoms with E-state index in [0.717, 1.165) is 25.7 Å². The highest BCUT2D eigenvalue weighted by molar-refractivity contribution is 5.29. The monoisotopic (exact) mass is 323 g/mol. The Morgan fingerprint density at radius 1 is 1.30 bits per heavy atom. The molecule has 128 valence electrons. The van der Waals surface area contributed by atoms with Gasteiger partial charge in [0.05, 0.1) is 18.6 Å². The van der Waals surface area contributed by atoms with Gasteiger partial charge < -0.3 is 14.9 Å². The minimum atomic E-state index is -1.04. The zero-order valence-corrected chi connectivity index (χ0v) is 13.2. The first-order valence-electron chi connectivity index (χ1n) is 8.56. The van der Waals surface area contributed by atoms with Crippen LogP contribution in [0.4, 0.5) is 0 Å². The van der Waals surface area contributed by atoms with Crippen LogP contribution in [0.1, 0.15) is 44.9 Å². The molecule has 0 aromatic carbocycles. The van der Waals surface area contributed by atoms with E-state index in [4.69, 9.17) is 4.74 Å². The van der Waals surface area contributed by atoms with Gasteiger partial charge in [-0.1, -0.05) is 18.2 Å². The number of fused-ring (bicyclic) bond motifs is 1. The van der Waals surface area contributed by atoms with Crippen LogP contribution in [-0.4, -0.2) is 39.7 Å². The van der Waals surface area contributed by atoms with E-state index in [0.29, 0.717) is 18.8 Å². The van der Waals surface area contributed by atoms with Crippen LogP contribution in [-0.2, 0) is 4.74 Å². The van der Waals surface area contributed by atoms with Gasteiger partial charge >= 0.3 is 0 Å². The van der Waals surface area contributed by atoms with Crippen LogP contribution in [0.5, 0.6) is 0 Å². The van der Waals surface area contributed by atoms with E-state index in [1.54, 1.807) is 0 Å². The van der Waals surface area contributed by atoms with Crippen LogP contribution in [0, 0.1) is 22.0 Å². The molecule has 0 bridgehead atoms. The first-order valence-corrected chi connectivity index (χ1v) is 8.56. The molecule has 6 heteroatoms. The minimum absolute atomic E-state index is 0.0733. The van der Waals surface area contributed by atoms with Gasteiger partial charge in [0.2, 0.25) is 6.04 Å². The number of hydrogen-bond acceptors (Lipinski definition) is 5. The lowest BCUT2D eigenvalue weighted by Crippen LogP contribution is -2.40. The molecule has 1 fully saturated rings. The largest absolute Gasteiger partial charge is 0.392 e. The first kappa shape index (κ1) is 16.6. The van der Waals surface area contributed by atoms with Crippen molar-refractivity contribution in [3.8, 4) is 0 Å². The Balaban J connectivity index is 1.59. The van der Waals surface area contributed by atoms with Gasteiger partial charge in [0.1, 0.15) is 0 Å². The van der Waals surface area contributed by atoms with Crippen LogP contribution in [0.3, 0.4) is 0 Å². The van der Waals surface area contributed by atoms with Gasteiger partial charge in [-0.3, -0.25) is 10.1 Å². The molecule has 0 saturated carbocycles. The summed E-state index contributed by atoms with van der Waals surface area (Å²) in [4.78, 5) is 10.7. The van der Waals surface area contributed by atoms with Gasteiger partial charge in [-0.05, 0) is 43.6 Å². The summed E-state index contributed by atoms with van der Waals surface area (Å²) in [6.07, 6.45) is 9.51. The molecule has 0 aromatic heterocycles. The minimum Gasteiger partial charge on any atom is -0.392 e. The van der Waals surface area contributed by atoms with Crippen molar-refractivity contribution in [1.29, 1.82) is 0 Å². The van der Waals surface area contributed by atoms with Crippen molar-refractivity contribution >= 4 is 0 Å². The predicted octanol–water partition coefficient (Wildman–Crippen LogP) is 2.18. The van der Waals surface area contributed by atoms with Gasteiger partial charge in [0, 0.05) is 17.3 Å². The molecule has 23 heavy (non-hydrogen) atoms. The molecular formula is C17H25NO5. The standard InChI is InChI=1S/C17H25NO5/c19-15-6-2-5-11-3-1-4-12(17(11)15)7-8-14-9-13(18(21)22)10-16(20)23-14/h1,3,5,12-17,19-20H,2,4,6-10H2. The lowest BCUT2D eigenvalue weighted by molar-refractivity contribution is -0.536. The van der Waals surface area contributed by atoms with Crippen molar-refractivity contribution in [3.63, 3.8) is 0 Å². The fraction of sp³-hybridized carbons (Fsp3) is 0.765. The fourth-order valence-electron chi connectivity index (χ4n) is 4.27. The molecule has 3 aliphatic rings. The van der Waals surface area contributed by atoms with Crippen LogP contribution in [0.2, 0.25) is 0 Å². The Hall–Kier alpha value is -1.24. The highest BCUT2D eigenvalue weighted by Gasteiger charge is 2.37. The van der Waals surface area contributed by atoms with Gasteiger partial charge in [-0.15, -0.1) is 0 Å². The molecule has 0 amide bonds. The average Bonchev–Trinajstić information content (AvgIpc) is 2.52. The Morgan fingerprint density at radius 2 is 2.13 bits per heavy atom. The van der Waals surface area contributed by atoms with Crippen molar-refractivity contribution in [2.75, 3.05) is 0 Å². The van der Waals surface area contributed by atoms with Gasteiger partial charge in [-0.25, -0.2) is 0 Å². The number of hydrogen-bond donors (Lipinski definition) is 2. The molecular weight excluding hydrogens is 298 g/mol. The number of allylic oxidation sites excluding steroid dienone is 3. The number of nitro groups is 1. The molecule has 3 rings (SSSR count). The third-order valence-electron chi connectivity index (χ3n) is 5.41. The SMILES string of the molecule is O=[N+]([O-])C1CC(O)OC(CCC2CC=CC3=CCCC(O)C32)C1. The second-order valence-electron chi connectivity index (χ2n) is 6.97. The van der Waals surface area contributed by atoms with E-state index >= 15 is 0 Å². The number of ether oxygens (including phenoxy) is 1. The molecule has 6 nitrogen and oxygen atoms in total. The number of nitrogens with zero attached hydrogens (tertiary/aromatic N) is 1. The Bertz CT molecular complexity index is 503. The summed E-state index contributed by atoms with van der Waals surface area (Å²) in [5.74, 6) is 0.520. The van der Waals surface area contributed by atoms with Crippen LogP contribution >= 0.6 is 0 Å². The Labute approximate surface area is 136 Å². The summed E-state index contributed by atoms with van der Waals surface area (Å²) >= 11 is 0. The number of rotatable bonds is 4. The average molecular weight is 323 g/mol. The molecule has 2 N–H and O–H groups in total. The maximum absolute atomic E-state index is 11.0. The van der Waals surface area contributed by atoms with E-state index in [1.165, 1.54) is 5.57 Å².